The molecule has 0 amide bonds. The molecule has 2 aromatic carbocycles. The van der Waals surface area contributed by atoms with Crippen LogP contribution in [0.5, 0.6) is 0 Å². The number of aromatic amines is 1. The number of hydrogen-bond donors (Lipinski definition) is 2. The highest BCUT2D eigenvalue weighted by atomic mass is 19.4. The van der Waals surface area contributed by atoms with Crippen LogP contribution in [-0.4, -0.2) is 23.0 Å². The topological polar surface area (TPSA) is 67.0 Å². The molecular formula is C17H14F3N3O2. The number of rotatable bonds is 4. The highest BCUT2D eigenvalue weighted by Crippen LogP contribution is 2.31. The van der Waals surface area contributed by atoms with Crippen LogP contribution in [-0.2, 0) is 15.7 Å². The number of H-pyrrole nitrogens is 1. The van der Waals surface area contributed by atoms with Gasteiger partial charge in [-0.15, -0.1) is 0 Å². The SMILES string of the molecule is COC(=O)C(Nc1nc2ccccc2[nH]1)c1cccc(C(F)(F)F)c1. The van der Waals surface area contributed by atoms with Crippen LogP contribution in [0, 0.1) is 0 Å². The molecule has 25 heavy (non-hydrogen) atoms. The molecule has 3 rings (SSSR count). The molecule has 0 aliphatic rings. The second-order valence-electron chi connectivity index (χ2n) is 5.33. The molecule has 1 unspecified atom stereocenters. The van der Waals surface area contributed by atoms with Gasteiger partial charge in [0, 0.05) is 0 Å². The smallest absolute Gasteiger partial charge is 0.416 e. The normalized spacial score (nSPS) is 12.8. The molecule has 0 bridgehead atoms. The van der Waals surface area contributed by atoms with Crippen LogP contribution in [0.15, 0.2) is 48.5 Å². The van der Waals surface area contributed by atoms with Crippen LogP contribution in [0.1, 0.15) is 17.2 Å². The Kier molecular flexibility index (Phi) is 4.35. The third-order valence-electron chi connectivity index (χ3n) is 3.65. The maximum absolute atomic E-state index is 12.9. The van der Waals surface area contributed by atoms with Crippen molar-refractivity contribution in [2.24, 2.45) is 0 Å². The Balaban J connectivity index is 1.96. The number of ether oxygens (including phenoxy) is 1. The van der Waals surface area contributed by atoms with Crippen LogP contribution in [0.2, 0.25) is 0 Å². The molecule has 3 aromatic rings. The van der Waals surface area contributed by atoms with Gasteiger partial charge in [0.25, 0.3) is 0 Å². The number of methoxy groups -OCH3 is 1. The summed E-state index contributed by atoms with van der Waals surface area (Å²) in [6, 6.07) is 10.6. The van der Waals surface area contributed by atoms with Gasteiger partial charge >= 0.3 is 12.1 Å². The number of hydrogen-bond acceptors (Lipinski definition) is 4. The van der Waals surface area contributed by atoms with E-state index in [4.69, 9.17) is 4.74 Å². The molecule has 0 saturated carbocycles. The Morgan fingerprint density at radius 1 is 1.20 bits per heavy atom. The second-order valence-corrected chi connectivity index (χ2v) is 5.33. The third-order valence-corrected chi connectivity index (χ3v) is 3.65. The van der Waals surface area contributed by atoms with Gasteiger partial charge in [0.05, 0.1) is 23.7 Å². The lowest BCUT2D eigenvalue weighted by atomic mass is 10.0. The molecular weight excluding hydrogens is 335 g/mol. The molecule has 1 atom stereocenters. The summed E-state index contributed by atoms with van der Waals surface area (Å²) in [6.07, 6.45) is -4.50. The molecule has 130 valence electrons. The third kappa shape index (κ3) is 3.57. The zero-order chi connectivity index (χ0) is 18.0. The number of alkyl halides is 3. The van der Waals surface area contributed by atoms with E-state index in [1.807, 2.05) is 6.07 Å². The summed E-state index contributed by atoms with van der Waals surface area (Å²) in [5.41, 5.74) is 0.683. The number of aromatic nitrogens is 2. The number of carbonyl (C=O) groups excluding carboxylic acids is 1. The standard InChI is InChI=1S/C17H14F3N3O2/c1-25-15(24)14(10-5-4-6-11(9-10)17(18,19)20)23-16-21-12-7-2-3-8-13(12)22-16/h2-9,14H,1H3,(H2,21,22,23). The fourth-order valence-corrected chi connectivity index (χ4v) is 2.45. The lowest BCUT2D eigenvalue weighted by Crippen LogP contribution is -2.23. The van der Waals surface area contributed by atoms with Gasteiger partial charge < -0.3 is 15.0 Å². The van der Waals surface area contributed by atoms with Gasteiger partial charge in [-0.3, -0.25) is 0 Å². The van der Waals surface area contributed by atoms with E-state index in [2.05, 4.69) is 15.3 Å². The highest BCUT2D eigenvalue weighted by Gasteiger charge is 2.32. The quantitative estimate of drug-likeness (QED) is 0.701. The molecule has 0 aliphatic carbocycles. The summed E-state index contributed by atoms with van der Waals surface area (Å²) in [5.74, 6) is -0.464. The van der Waals surface area contributed by atoms with Crippen LogP contribution >= 0.6 is 0 Å². The zero-order valence-corrected chi connectivity index (χ0v) is 13.1. The number of fused-ring (bicyclic) bond motifs is 1. The first-order chi connectivity index (χ1) is 11.9. The van der Waals surface area contributed by atoms with E-state index < -0.39 is 23.8 Å². The Bertz CT molecular complexity index is 872. The van der Waals surface area contributed by atoms with Crippen molar-refractivity contribution in [1.29, 1.82) is 0 Å². The molecule has 1 heterocycles. The predicted molar refractivity (Wildman–Crippen MR) is 85.9 cm³/mol. The van der Waals surface area contributed by atoms with E-state index in [9.17, 15) is 18.0 Å². The minimum absolute atomic E-state index is 0.127. The second kappa shape index (κ2) is 6.46. The van der Waals surface area contributed by atoms with Gasteiger partial charge in [-0.2, -0.15) is 13.2 Å². The molecule has 0 fully saturated rings. The number of benzene rings is 2. The average Bonchev–Trinajstić information content (AvgIpc) is 3.01. The number of imidazole rings is 1. The number of anilines is 1. The van der Waals surface area contributed by atoms with Gasteiger partial charge in [0.2, 0.25) is 5.95 Å². The number of nitrogens with one attached hydrogen (secondary N) is 2. The highest BCUT2D eigenvalue weighted by molar-refractivity contribution is 5.82. The van der Waals surface area contributed by atoms with E-state index in [1.165, 1.54) is 19.2 Å². The van der Waals surface area contributed by atoms with Crippen molar-refractivity contribution < 1.29 is 22.7 Å². The molecule has 0 radical (unpaired) electrons. The largest absolute Gasteiger partial charge is 0.467 e. The van der Waals surface area contributed by atoms with Crippen molar-refractivity contribution >= 4 is 23.0 Å². The van der Waals surface area contributed by atoms with E-state index >= 15 is 0 Å². The van der Waals surface area contributed by atoms with Gasteiger partial charge in [-0.05, 0) is 29.8 Å². The van der Waals surface area contributed by atoms with E-state index in [-0.39, 0.29) is 11.5 Å². The Morgan fingerprint density at radius 2 is 1.96 bits per heavy atom. The van der Waals surface area contributed by atoms with Crippen molar-refractivity contribution in [3.8, 4) is 0 Å². The minimum atomic E-state index is -4.50. The van der Waals surface area contributed by atoms with E-state index in [0.717, 1.165) is 17.6 Å². The Hall–Kier alpha value is -3.03. The Labute approximate surface area is 140 Å². The van der Waals surface area contributed by atoms with E-state index in [1.54, 1.807) is 18.2 Å². The summed E-state index contributed by atoms with van der Waals surface area (Å²) in [7, 11) is 1.17. The van der Waals surface area contributed by atoms with Gasteiger partial charge in [0.1, 0.15) is 0 Å². The number of halogens is 3. The number of nitrogens with zero attached hydrogens (tertiary/aromatic N) is 1. The van der Waals surface area contributed by atoms with Crippen molar-refractivity contribution in [2.75, 3.05) is 12.4 Å². The lowest BCUT2D eigenvalue weighted by molar-refractivity contribution is -0.142. The molecule has 2 N–H and O–H groups in total. The summed E-state index contributed by atoms with van der Waals surface area (Å²) in [4.78, 5) is 19.3. The average molecular weight is 349 g/mol. The van der Waals surface area contributed by atoms with Crippen LogP contribution in [0.4, 0.5) is 19.1 Å². The lowest BCUT2D eigenvalue weighted by Gasteiger charge is -2.17. The maximum Gasteiger partial charge on any atom is 0.416 e. The fraction of sp³-hybridized carbons (Fsp3) is 0.176. The molecule has 1 aromatic heterocycles. The summed E-state index contributed by atoms with van der Waals surface area (Å²) in [6.45, 7) is 0. The number of para-hydroxylation sites is 2. The minimum Gasteiger partial charge on any atom is -0.467 e. The van der Waals surface area contributed by atoms with E-state index in [0.29, 0.717) is 5.52 Å². The number of carbonyl (C=O) groups is 1. The molecule has 5 nitrogen and oxygen atoms in total. The predicted octanol–water partition coefficient (Wildman–Crippen LogP) is 3.91. The van der Waals surface area contributed by atoms with Crippen molar-refractivity contribution in [1.82, 2.24) is 9.97 Å². The first-order valence-corrected chi connectivity index (χ1v) is 7.35. The van der Waals surface area contributed by atoms with Gasteiger partial charge in [-0.25, -0.2) is 9.78 Å². The van der Waals surface area contributed by atoms with Crippen LogP contribution < -0.4 is 5.32 Å². The van der Waals surface area contributed by atoms with Crippen molar-refractivity contribution in [3.63, 3.8) is 0 Å². The monoisotopic (exact) mass is 349 g/mol. The maximum atomic E-state index is 12.9. The molecule has 8 heteroatoms. The number of esters is 1. The van der Waals surface area contributed by atoms with Crippen LogP contribution in [0.3, 0.4) is 0 Å². The van der Waals surface area contributed by atoms with Gasteiger partial charge in [-0.1, -0.05) is 24.3 Å². The fourth-order valence-electron chi connectivity index (χ4n) is 2.45. The first-order valence-electron chi connectivity index (χ1n) is 7.35. The van der Waals surface area contributed by atoms with Crippen LogP contribution in [0.25, 0.3) is 11.0 Å². The molecule has 0 saturated heterocycles. The first kappa shape index (κ1) is 16.8. The molecule has 0 spiro atoms. The summed E-state index contributed by atoms with van der Waals surface area (Å²) < 4.78 is 43.5. The molecule has 0 aliphatic heterocycles. The van der Waals surface area contributed by atoms with Crippen molar-refractivity contribution in [3.05, 3.63) is 59.7 Å². The van der Waals surface area contributed by atoms with Crippen molar-refractivity contribution in [2.45, 2.75) is 12.2 Å². The summed E-state index contributed by atoms with van der Waals surface area (Å²) >= 11 is 0. The zero-order valence-electron chi connectivity index (χ0n) is 13.1. The summed E-state index contributed by atoms with van der Waals surface area (Å²) in [5, 5.41) is 2.81. The Morgan fingerprint density at radius 3 is 2.64 bits per heavy atom. The van der Waals surface area contributed by atoms with Gasteiger partial charge in [0.15, 0.2) is 6.04 Å².